The van der Waals surface area contributed by atoms with E-state index in [1.165, 1.54) is 12.8 Å². The third kappa shape index (κ3) is 4.27. The van der Waals surface area contributed by atoms with Crippen molar-refractivity contribution >= 4 is 17.5 Å². The van der Waals surface area contributed by atoms with Crippen LogP contribution >= 0.6 is 0 Å². The molecule has 3 rings (SSSR count). The Hall–Kier alpha value is -2.62. The highest BCUT2D eigenvalue weighted by Crippen LogP contribution is 2.17. The molecular weight excluding hydrogens is 312 g/mol. The van der Waals surface area contributed by atoms with E-state index in [-0.39, 0.29) is 11.8 Å². The molecule has 0 bridgehead atoms. The molecule has 130 valence electrons. The van der Waals surface area contributed by atoms with Gasteiger partial charge in [-0.05, 0) is 49.6 Å². The number of benzene rings is 2. The maximum atomic E-state index is 12.7. The van der Waals surface area contributed by atoms with Gasteiger partial charge in [-0.3, -0.25) is 9.59 Å². The summed E-state index contributed by atoms with van der Waals surface area (Å²) in [6.07, 6.45) is 4.51. The maximum absolute atomic E-state index is 12.7. The number of anilines is 1. The molecule has 2 aromatic carbocycles. The standard InChI is InChI=1S/C21H24N2O2/c1-16-9-4-5-12-19(16)20(24)22-18-11-8-10-17(15-18)21(25)23-13-6-2-3-7-14-23/h4-5,8-12,15H,2-3,6-7,13-14H2,1H3,(H,22,24). The normalized spacial score (nSPS) is 14.7. The smallest absolute Gasteiger partial charge is 0.255 e. The highest BCUT2D eigenvalue weighted by molar-refractivity contribution is 6.06. The Morgan fingerprint density at radius 3 is 2.36 bits per heavy atom. The van der Waals surface area contributed by atoms with Gasteiger partial charge in [-0.25, -0.2) is 0 Å². The van der Waals surface area contributed by atoms with Gasteiger partial charge in [0.25, 0.3) is 11.8 Å². The predicted molar refractivity (Wildman–Crippen MR) is 99.9 cm³/mol. The molecule has 4 heteroatoms. The van der Waals surface area contributed by atoms with Crippen molar-refractivity contribution in [3.05, 3.63) is 65.2 Å². The fourth-order valence-electron chi connectivity index (χ4n) is 3.21. The highest BCUT2D eigenvalue weighted by Gasteiger charge is 2.18. The molecule has 0 aliphatic carbocycles. The molecule has 0 atom stereocenters. The van der Waals surface area contributed by atoms with Crippen molar-refractivity contribution in [2.45, 2.75) is 32.6 Å². The molecule has 1 aliphatic rings. The van der Waals surface area contributed by atoms with E-state index in [2.05, 4.69) is 5.32 Å². The first-order valence-corrected chi connectivity index (χ1v) is 8.91. The number of hydrogen-bond donors (Lipinski definition) is 1. The summed E-state index contributed by atoms with van der Waals surface area (Å²) >= 11 is 0. The topological polar surface area (TPSA) is 49.4 Å². The number of nitrogens with one attached hydrogen (secondary N) is 1. The van der Waals surface area contributed by atoms with Gasteiger partial charge in [0.15, 0.2) is 0 Å². The second-order valence-corrected chi connectivity index (χ2v) is 6.56. The summed E-state index contributed by atoms with van der Waals surface area (Å²) in [7, 11) is 0. The van der Waals surface area contributed by atoms with Crippen LogP contribution in [0.3, 0.4) is 0 Å². The van der Waals surface area contributed by atoms with Crippen LogP contribution in [0.4, 0.5) is 5.69 Å². The van der Waals surface area contributed by atoms with E-state index in [9.17, 15) is 9.59 Å². The average molecular weight is 336 g/mol. The van der Waals surface area contributed by atoms with Crippen LogP contribution in [0.2, 0.25) is 0 Å². The van der Waals surface area contributed by atoms with E-state index < -0.39 is 0 Å². The number of amides is 2. The lowest BCUT2D eigenvalue weighted by molar-refractivity contribution is 0.0761. The zero-order chi connectivity index (χ0) is 17.6. The Balaban J connectivity index is 1.74. The van der Waals surface area contributed by atoms with Crippen molar-refractivity contribution in [2.75, 3.05) is 18.4 Å². The summed E-state index contributed by atoms with van der Waals surface area (Å²) in [5, 5.41) is 2.90. The Morgan fingerprint density at radius 2 is 1.64 bits per heavy atom. The monoisotopic (exact) mass is 336 g/mol. The van der Waals surface area contributed by atoms with E-state index >= 15 is 0 Å². The lowest BCUT2D eigenvalue weighted by atomic mass is 10.1. The second kappa shape index (κ2) is 7.97. The molecule has 1 heterocycles. The molecule has 1 saturated heterocycles. The Kier molecular flexibility index (Phi) is 5.49. The number of aryl methyl sites for hydroxylation is 1. The van der Waals surface area contributed by atoms with Crippen molar-refractivity contribution in [3.8, 4) is 0 Å². The minimum absolute atomic E-state index is 0.0499. The van der Waals surface area contributed by atoms with Gasteiger partial charge >= 0.3 is 0 Å². The van der Waals surface area contributed by atoms with Crippen LogP contribution in [0.5, 0.6) is 0 Å². The van der Waals surface area contributed by atoms with Crippen molar-refractivity contribution in [2.24, 2.45) is 0 Å². The fourth-order valence-corrected chi connectivity index (χ4v) is 3.21. The first-order valence-electron chi connectivity index (χ1n) is 8.91. The van der Waals surface area contributed by atoms with Crippen LogP contribution in [0, 0.1) is 6.92 Å². The largest absolute Gasteiger partial charge is 0.339 e. The van der Waals surface area contributed by atoms with E-state index in [4.69, 9.17) is 0 Å². The molecule has 1 N–H and O–H groups in total. The number of carbonyl (C=O) groups excluding carboxylic acids is 2. The number of hydrogen-bond acceptors (Lipinski definition) is 2. The maximum Gasteiger partial charge on any atom is 0.255 e. The summed E-state index contributed by atoms with van der Waals surface area (Å²) < 4.78 is 0. The molecule has 2 amide bonds. The molecule has 0 radical (unpaired) electrons. The molecule has 0 saturated carbocycles. The van der Waals surface area contributed by atoms with Crippen LogP contribution in [0.25, 0.3) is 0 Å². The van der Waals surface area contributed by atoms with Crippen molar-refractivity contribution in [1.82, 2.24) is 4.90 Å². The third-order valence-corrected chi connectivity index (χ3v) is 4.65. The Bertz CT molecular complexity index is 762. The number of likely N-dealkylation sites (tertiary alicyclic amines) is 1. The van der Waals surface area contributed by atoms with Gasteiger partial charge in [-0.2, -0.15) is 0 Å². The minimum Gasteiger partial charge on any atom is -0.339 e. The van der Waals surface area contributed by atoms with Gasteiger partial charge in [0.1, 0.15) is 0 Å². The second-order valence-electron chi connectivity index (χ2n) is 6.56. The molecular formula is C21H24N2O2. The Labute approximate surface area is 148 Å². The first-order chi connectivity index (χ1) is 12.1. The minimum atomic E-state index is -0.155. The zero-order valence-electron chi connectivity index (χ0n) is 14.6. The fraction of sp³-hybridized carbons (Fsp3) is 0.333. The summed E-state index contributed by atoms with van der Waals surface area (Å²) in [5.74, 6) is -0.105. The zero-order valence-corrected chi connectivity index (χ0v) is 14.6. The first kappa shape index (κ1) is 17.2. The molecule has 0 spiro atoms. The summed E-state index contributed by atoms with van der Waals surface area (Å²) in [5.41, 5.74) is 2.85. The van der Waals surface area contributed by atoms with Crippen LogP contribution in [0.15, 0.2) is 48.5 Å². The third-order valence-electron chi connectivity index (χ3n) is 4.65. The van der Waals surface area contributed by atoms with Crippen molar-refractivity contribution in [1.29, 1.82) is 0 Å². The average Bonchev–Trinajstić information content (AvgIpc) is 2.91. The molecule has 1 fully saturated rings. The molecule has 4 nitrogen and oxygen atoms in total. The van der Waals surface area contributed by atoms with E-state index in [0.717, 1.165) is 31.5 Å². The Morgan fingerprint density at radius 1 is 0.920 bits per heavy atom. The van der Waals surface area contributed by atoms with Gasteiger partial charge in [0.2, 0.25) is 0 Å². The SMILES string of the molecule is Cc1ccccc1C(=O)Nc1cccc(C(=O)N2CCCCCC2)c1. The highest BCUT2D eigenvalue weighted by atomic mass is 16.2. The molecule has 2 aromatic rings. The predicted octanol–water partition coefficient (Wildman–Crippen LogP) is 4.26. The summed E-state index contributed by atoms with van der Waals surface area (Å²) in [4.78, 5) is 27.1. The molecule has 0 aromatic heterocycles. The quantitative estimate of drug-likeness (QED) is 0.910. The van der Waals surface area contributed by atoms with Crippen LogP contribution < -0.4 is 5.32 Å². The van der Waals surface area contributed by atoms with Crippen LogP contribution in [0.1, 0.15) is 52.0 Å². The van der Waals surface area contributed by atoms with Gasteiger partial charge in [0.05, 0.1) is 0 Å². The van der Waals surface area contributed by atoms with Crippen LogP contribution in [-0.4, -0.2) is 29.8 Å². The van der Waals surface area contributed by atoms with Crippen molar-refractivity contribution < 1.29 is 9.59 Å². The number of nitrogens with zero attached hydrogens (tertiary/aromatic N) is 1. The van der Waals surface area contributed by atoms with Gasteiger partial charge in [-0.15, -0.1) is 0 Å². The summed E-state index contributed by atoms with van der Waals surface area (Å²) in [6.45, 7) is 3.55. The molecule has 25 heavy (non-hydrogen) atoms. The van der Waals surface area contributed by atoms with E-state index in [0.29, 0.717) is 16.8 Å². The lowest BCUT2D eigenvalue weighted by Gasteiger charge is -2.20. The van der Waals surface area contributed by atoms with Gasteiger partial charge < -0.3 is 10.2 Å². The molecule has 1 aliphatic heterocycles. The number of carbonyl (C=O) groups is 2. The van der Waals surface area contributed by atoms with E-state index in [1.54, 1.807) is 12.1 Å². The van der Waals surface area contributed by atoms with E-state index in [1.807, 2.05) is 48.2 Å². The molecule has 0 unspecified atom stereocenters. The van der Waals surface area contributed by atoms with Crippen LogP contribution in [-0.2, 0) is 0 Å². The van der Waals surface area contributed by atoms with Gasteiger partial charge in [0, 0.05) is 29.9 Å². The lowest BCUT2D eigenvalue weighted by Crippen LogP contribution is -2.31. The summed E-state index contributed by atoms with van der Waals surface area (Å²) in [6, 6.07) is 14.7. The number of rotatable bonds is 3. The van der Waals surface area contributed by atoms with Crippen molar-refractivity contribution in [3.63, 3.8) is 0 Å². The van der Waals surface area contributed by atoms with Gasteiger partial charge in [-0.1, -0.05) is 37.1 Å².